The maximum atomic E-state index is 9.65. The number of nitrogens with zero attached hydrogens (tertiary/aromatic N) is 1. The molecule has 4 nitrogen and oxygen atoms in total. The Bertz CT molecular complexity index is 360. The van der Waals surface area contributed by atoms with E-state index < -0.39 is 6.10 Å². The monoisotopic (exact) mass is 259 g/mol. The summed E-state index contributed by atoms with van der Waals surface area (Å²) in [4.78, 5) is 1.90. The van der Waals surface area contributed by atoms with E-state index in [1.165, 1.54) is 0 Å². The van der Waals surface area contributed by atoms with Crippen LogP contribution >= 0.6 is 11.6 Å². The number of phenols is 1. The van der Waals surface area contributed by atoms with Crippen molar-refractivity contribution in [3.8, 4) is 5.75 Å². The second-order valence-electron chi connectivity index (χ2n) is 4.08. The summed E-state index contributed by atoms with van der Waals surface area (Å²) < 4.78 is 4.85. The third-order valence-corrected chi connectivity index (χ3v) is 2.60. The second-order valence-corrected chi connectivity index (χ2v) is 4.52. The Morgan fingerprint density at radius 2 is 2.18 bits per heavy atom. The summed E-state index contributed by atoms with van der Waals surface area (Å²) in [6.07, 6.45) is -0.536. The van der Waals surface area contributed by atoms with E-state index in [0.29, 0.717) is 24.7 Å². The summed E-state index contributed by atoms with van der Waals surface area (Å²) in [6, 6.07) is 4.92. The van der Waals surface area contributed by atoms with Gasteiger partial charge in [0.2, 0.25) is 0 Å². The fourth-order valence-electron chi connectivity index (χ4n) is 1.64. The number of hydrogen-bond donors (Lipinski definition) is 2. The van der Waals surface area contributed by atoms with Crippen LogP contribution in [0, 0.1) is 0 Å². The molecule has 17 heavy (non-hydrogen) atoms. The van der Waals surface area contributed by atoms with Crippen molar-refractivity contribution in [1.29, 1.82) is 0 Å². The van der Waals surface area contributed by atoms with E-state index in [0.717, 1.165) is 5.56 Å². The first kappa shape index (κ1) is 14.3. The molecule has 0 saturated heterocycles. The highest BCUT2D eigenvalue weighted by Crippen LogP contribution is 2.22. The number of halogens is 1. The molecule has 0 fully saturated rings. The van der Waals surface area contributed by atoms with Crippen molar-refractivity contribution >= 4 is 11.6 Å². The first-order chi connectivity index (χ1) is 8.02. The molecule has 1 aromatic rings. The molecule has 0 aliphatic heterocycles. The number of likely N-dealkylation sites (N-methyl/N-ethyl adjacent to an activating group) is 1. The zero-order valence-electron chi connectivity index (χ0n) is 10.1. The van der Waals surface area contributed by atoms with E-state index in [4.69, 9.17) is 16.3 Å². The molecule has 1 unspecified atom stereocenters. The summed E-state index contributed by atoms with van der Waals surface area (Å²) in [5.74, 6) is 0.211. The van der Waals surface area contributed by atoms with Gasteiger partial charge < -0.3 is 14.9 Å². The van der Waals surface area contributed by atoms with Crippen molar-refractivity contribution in [2.45, 2.75) is 12.6 Å². The number of aromatic hydroxyl groups is 1. The predicted octanol–water partition coefficient (Wildman–Crippen LogP) is 1.48. The average Bonchev–Trinajstić information content (AvgIpc) is 2.23. The van der Waals surface area contributed by atoms with Crippen LogP contribution < -0.4 is 0 Å². The van der Waals surface area contributed by atoms with E-state index in [2.05, 4.69) is 0 Å². The number of hydrogen-bond acceptors (Lipinski definition) is 4. The lowest BCUT2D eigenvalue weighted by molar-refractivity contribution is 0.0417. The minimum absolute atomic E-state index is 0.211. The van der Waals surface area contributed by atoms with Gasteiger partial charge in [0.1, 0.15) is 5.75 Å². The molecule has 1 aromatic carbocycles. The van der Waals surface area contributed by atoms with Crippen molar-refractivity contribution in [2.75, 3.05) is 27.3 Å². The molecule has 0 saturated carbocycles. The van der Waals surface area contributed by atoms with Gasteiger partial charge in [-0.15, -0.1) is 0 Å². The van der Waals surface area contributed by atoms with Crippen molar-refractivity contribution < 1.29 is 14.9 Å². The van der Waals surface area contributed by atoms with Crippen LogP contribution in [0.25, 0.3) is 0 Å². The zero-order valence-corrected chi connectivity index (χ0v) is 10.8. The number of ether oxygens (including phenoxy) is 1. The van der Waals surface area contributed by atoms with E-state index in [1.807, 2.05) is 11.9 Å². The standard InChI is InChI=1S/C12H18ClNO3/c1-14(7-11(15)8-17-2)6-9-5-10(13)3-4-12(9)16/h3-5,11,15-16H,6-8H2,1-2H3. The largest absolute Gasteiger partial charge is 0.508 e. The van der Waals surface area contributed by atoms with Crippen LogP contribution in [-0.2, 0) is 11.3 Å². The topological polar surface area (TPSA) is 52.9 Å². The second kappa shape index (κ2) is 6.81. The Morgan fingerprint density at radius 1 is 1.47 bits per heavy atom. The first-order valence-electron chi connectivity index (χ1n) is 5.36. The van der Waals surface area contributed by atoms with Gasteiger partial charge in [-0.25, -0.2) is 0 Å². The maximum Gasteiger partial charge on any atom is 0.120 e. The molecular formula is C12H18ClNO3. The first-order valence-corrected chi connectivity index (χ1v) is 5.73. The van der Waals surface area contributed by atoms with Crippen LogP contribution in [0.5, 0.6) is 5.75 Å². The van der Waals surface area contributed by atoms with Gasteiger partial charge in [0.15, 0.2) is 0 Å². The lowest BCUT2D eigenvalue weighted by Crippen LogP contribution is -2.31. The van der Waals surface area contributed by atoms with E-state index in [1.54, 1.807) is 25.3 Å². The third kappa shape index (κ3) is 4.91. The van der Waals surface area contributed by atoms with E-state index >= 15 is 0 Å². The number of rotatable bonds is 6. The number of benzene rings is 1. The highest BCUT2D eigenvalue weighted by Gasteiger charge is 2.10. The summed E-state index contributed by atoms with van der Waals surface area (Å²) in [7, 11) is 3.41. The van der Waals surface area contributed by atoms with Crippen molar-refractivity contribution in [1.82, 2.24) is 4.90 Å². The summed E-state index contributed by atoms with van der Waals surface area (Å²) in [5, 5.41) is 19.8. The van der Waals surface area contributed by atoms with Gasteiger partial charge in [0, 0.05) is 30.8 Å². The Labute approximate surface area is 106 Å². The molecule has 0 amide bonds. The van der Waals surface area contributed by atoms with Crippen molar-refractivity contribution in [2.24, 2.45) is 0 Å². The molecule has 1 rings (SSSR count). The fraction of sp³-hybridized carbons (Fsp3) is 0.500. The predicted molar refractivity (Wildman–Crippen MR) is 67.3 cm³/mol. The van der Waals surface area contributed by atoms with Gasteiger partial charge in [-0.3, -0.25) is 4.90 Å². The minimum Gasteiger partial charge on any atom is -0.508 e. The van der Waals surface area contributed by atoms with Gasteiger partial charge in [-0.1, -0.05) is 11.6 Å². The fourth-order valence-corrected chi connectivity index (χ4v) is 1.84. The smallest absolute Gasteiger partial charge is 0.120 e. The quantitative estimate of drug-likeness (QED) is 0.813. The van der Waals surface area contributed by atoms with E-state index in [9.17, 15) is 10.2 Å². The highest BCUT2D eigenvalue weighted by atomic mass is 35.5. The van der Waals surface area contributed by atoms with Crippen LogP contribution in [0.1, 0.15) is 5.56 Å². The van der Waals surface area contributed by atoms with Crippen LogP contribution in [0.4, 0.5) is 0 Å². The van der Waals surface area contributed by atoms with Crippen LogP contribution in [0.3, 0.4) is 0 Å². The number of phenolic OH excluding ortho intramolecular Hbond substituents is 1. The normalized spacial score (nSPS) is 13.0. The molecule has 0 aromatic heterocycles. The Kier molecular flexibility index (Phi) is 5.71. The van der Waals surface area contributed by atoms with Gasteiger partial charge in [0.25, 0.3) is 0 Å². The van der Waals surface area contributed by atoms with Gasteiger partial charge in [-0.05, 0) is 25.2 Å². The van der Waals surface area contributed by atoms with Gasteiger partial charge in [0.05, 0.1) is 12.7 Å². The summed E-state index contributed by atoms with van der Waals surface area (Å²) in [5.41, 5.74) is 0.740. The third-order valence-electron chi connectivity index (χ3n) is 2.36. The van der Waals surface area contributed by atoms with E-state index in [-0.39, 0.29) is 5.75 Å². The van der Waals surface area contributed by atoms with Gasteiger partial charge >= 0.3 is 0 Å². The lowest BCUT2D eigenvalue weighted by atomic mass is 10.2. The minimum atomic E-state index is -0.536. The highest BCUT2D eigenvalue weighted by molar-refractivity contribution is 6.30. The Balaban J connectivity index is 2.55. The van der Waals surface area contributed by atoms with Crippen molar-refractivity contribution in [3.05, 3.63) is 28.8 Å². The van der Waals surface area contributed by atoms with Crippen LogP contribution in [0.2, 0.25) is 5.02 Å². The molecule has 2 N–H and O–H groups in total. The molecule has 0 bridgehead atoms. The maximum absolute atomic E-state index is 9.65. The number of aliphatic hydroxyl groups excluding tert-OH is 1. The molecule has 5 heteroatoms. The van der Waals surface area contributed by atoms with Crippen molar-refractivity contribution in [3.63, 3.8) is 0 Å². The van der Waals surface area contributed by atoms with Crippen LogP contribution in [-0.4, -0.2) is 48.5 Å². The van der Waals surface area contributed by atoms with Crippen LogP contribution in [0.15, 0.2) is 18.2 Å². The Morgan fingerprint density at radius 3 is 2.82 bits per heavy atom. The molecule has 0 heterocycles. The summed E-state index contributed by atoms with van der Waals surface area (Å²) in [6.45, 7) is 1.29. The van der Waals surface area contributed by atoms with Gasteiger partial charge in [-0.2, -0.15) is 0 Å². The molecule has 0 aliphatic rings. The summed E-state index contributed by atoms with van der Waals surface area (Å²) >= 11 is 5.86. The lowest BCUT2D eigenvalue weighted by Gasteiger charge is -2.20. The molecule has 0 aliphatic carbocycles. The molecule has 0 radical (unpaired) electrons. The molecular weight excluding hydrogens is 242 g/mol. The SMILES string of the molecule is COCC(O)CN(C)Cc1cc(Cl)ccc1O. The number of methoxy groups -OCH3 is 1. The molecule has 0 spiro atoms. The Hall–Kier alpha value is -0.810. The molecule has 1 atom stereocenters. The average molecular weight is 260 g/mol. The molecule has 96 valence electrons. The zero-order chi connectivity index (χ0) is 12.8. The number of aliphatic hydroxyl groups is 1.